The maximum absolute atomic E-state index is 13.0. The third-order valence-electron chi connectivity index (χ3n) is 5.93. The average Bonchev–Trinajstić information content (AvgIpc) is 3.16. The van der Waals surface area contributed by atoms with Crippen molar-refractivity contribution >= 4 is 5.91 Å². The molecule has 150 valence electrons. The van der Waals surface area contributed by atoms with Crippen molar-refractivity contribution in [2.24, 2.45) is 11.8 Å². The SMILES string of the molecule is Cc1cccc(-c2noc(CN3CCCC(C(=O)N4CCCC(C)C4)C3)n2)c1. The highest BCUT2D eigenvalue weighted by Crippen LogP contribution is 2.24. The van der Waals surface area contributed by atoms with Crippen molar-refractivity contribution in [3.63, 3.8) is 0 Å². The van der Waals surface area contributed by atoms with Gasteiger partial charge in [0.15, 0.2) is 0 Å². The Morgan fingerprint density at radius 3 is 2.89 bits per heavy atom. The van der Waals surface area contributed by atoms with Gasteiger partial charge >= 0.3 is 0 Å². The minimum atomic E-state index is 0.0956. The number of aryl methyl sites for hydroxylation is 1. The van der Waals surface area contributed by atoms with Crippen molar-refractivity contribution < 1.29 is 9.32 Å². The van der Waals surface area contributed by atoms with Crippen LogP contribution in [0.1, 0.15) is 44.1 Å². The number of hydrogen-bond donors (Lipinski definition) is 0. The van der Waals surface area contributed by atoms with Crippen molar-refractivity contribution in [1.29, 1.82) is 0 Å². The number of benzene rings is 1. The van der Waals surface area contributed by atoms with Gasteiger partial charge in [0.25, 0.3) is 0 Å². The van der Waals surface area contributed by atoms with Crippen molar-refractivity contribution in [3.05, 3.63) is 35.7 Å². The molecule has 2 aliphatic rings. The summed E-state index contributed by atoms with van der Waals surface area (Å²) in [7, 11) is 0. The summed E-state index contributed by atoms with van der Waals surface area (Å²) in [5.41, 5.74) is 2.15. The first-order valence-electron chi connectivity index (χ1n) is 10.5. The van der Waals surface area contributed by atoms with E-state index >= 15 is 0 Å². The monoisotopic (exact) mass is 382 g/mol. The second-order valence-electron chi connectivity index (χ2n) is 8.49. The predicted octanol–water partition coefficient (Wildman–Crippen LogP) is 3.52. The van der Waals surface area contributed by atoms with E-state index in [4.69, 9.17) is 4.52 Å². The van der Waals surface area contributed by atoms with Gasteiger partial charge in [-0.05, 0) is 51.1 Å². The Labute approximate surface area is 166 Å². The molecule has 1 aromatic heterocycles. The van der Waals surface area contributed by atoms with Crippen LogP contribution in [0, 0.1) is 18.8 Å². The Morgan fingerprint density at radius 1 is 1.21 bits per heavy atom. The first-order valence-corrected chi connectivity index (χ1v) is 10.5. The van der Waals surface area contributed by atoms with Crippen molar-refractivity contribution in [2.45, 2.75) is 46.1 Å². The van der Waals surface area contributed by atoms with Crippen LogP contribution in [0.15, 0.2) is 28.8 Å². The second kappa shape index (κ2) is 8.43. The van der Waals surface area contributed by atoms with Crippen molar-refractivity contribution in [2.75, 3.05) is 26.2 Å². The molecule has 0 aliphatic carbocycles. The molecule has 1 amide bonds. The van der Waals surface area contributed by atoms with Crippen LogP contribution in [0.3, 0.4) is 0 Å². The summed E-state index contributed by atoms with van der Waals surface area (Å²) >= 11 is 0. The largest absolute Gasteiger partial charge is 0.342 e. The Hall–Kier alpha value is -2.21. The molecule has 0 N–H and O–H groups in total. The van der Waals surface area contributed by atoms with Gasteiger partial charge in [-0.2, -0.15) is 4.98 Å². The van der Waals surface area contributed by atoms with E-state index in [0.29, 0.717) is 30.1 Å². The third-order valence-corrected chi connectivity index (χ3v) is 5.93. The summed E-state index contributed by atoms with van der Waals surface area (Å²) in [5, 5.41) is 4.14. The van der Waals surface area contributed by atoms with E-state index in [2.05, 4.69) is 45.9 Å². The first-order chi connectivity index (χ1) is 13.6. The lowest BCUT2D eigenvalue weighted by Gasteiger charge is -2.37. The zero-order valence-electron chi connectivity index (χ0n) is 16.9. The predicted molar refractivity (Wildman–Crippen MR) is 107 cm³/mol. The van der Waals surface area contributed by atoms with E-state index in [0.717, 1.165) is 51.0 Å². The highest BCUT2D eigenvalue weighted by Gasteiger charge is 2.31. The fourth-order valence-electron chi connectivity index (χ4n) is 4.46. The minimum Gasteiger partial charge on any atom is -0.342 e. The van der Waals surface area contributed by atoms with Crippen LogP contribution in [-0.2, 0) is 11.3 Å². The smallest absolute Gasteiger partial charge is 0.241 e. The lowest BCUT2D eigenvalue weighted by atomic mass is 9.93. The summed E-state index contributed by atoms with van der Waals surface area (Å²) in [6.07, 6.45) is 4.39. The van der Waals surface area contributed by atoms with E-state index in [1.54, 1.807) is 0 Å². The Balaban J connectivity index is 1.37. The van der Waals surface area contributed by atoms with Gasteiger partial charge in [-0.25, -0.2) is 0 Å². The van der Waals surface area contributed by atoms with Crippen LogP contribution in [0.25, 0.3) is 11.4 Å². The summed E-state index contributed by atoms with van der Waals surface area (Å²) in [6.45, 7) is 8.50. The maximum atomic E-state index is 13.0. The van der Waals surface area contributed by atoms with E-state index in [1.165, 1.54) is 12.0 Å². The molecule has 0 radical (unpaired) electrons. The van der Waals surface area contributed by atoms with Crippen molar-refractivity contribution in [1.82, 2.24) is 19.9 Å². The molecule has 28 heavy (non-hydrogen) atoms. The number of aromatic nitrogens is 2. The highest BCUT2D eigenvalue weighted by molar-refractivity contribution is 5.79. The number of hydrogen-bond acceptors (Lipinski definition) is 5. The topological polar surface area (TPSA) is 62.5 Å². The number of carbonyl (C=O) groups is 1. The van der Waals surface area contributed by atoms with Gasteiger partial charge in [0.1, 0.15) is 0 Å². The minimum absolute atomic E-state index is 0.0956. The molecule has 4 rings (SSSR count). The van der Waals surface area contributed by atoms with Gasteiger partial charge in [0.2, 0.25) is 17.6 Å². The fourth-order valence-corrected chi connectivity index (χ4v) is 4.46. The Morgan fingerprint density at radius 2 is 2.07 bits per heavy atom. The molecule has 0 saturated carbocycles. The molecule has 2 aromatic rings. The van der Waals surface area contributed by atoms with Gasteiger partial charge in [0, 0.05) is 25.2 Å². The lowest BCUT2D eigenvalue weighted by molar-refractivity contribution is -0.139. The van der Waals surface area contributed by atoms with Gasteiger partial charge in [-0.15, -0.1) is 0 Å². The summed E-state index contributed by atoms with van der Waals surface area (Å²) in [4.78, 5) is 21.9. The molecule has 0 spiro atoms. The number of amides is 1. The fraction of sp³-hybridized carbons (Fsp3) is 0.591. The summed E-state index contributed by atoms with van der Waals surface area (Å²) < 4.78 is 5.49. The Bertz CT molecular complexity index is 818. The summed E-state index contributed by atoms with van der Waals surface area (Å²) in [5.74, 6) is 2.30. The van der Waals surface area contributed by atoms with Gasteiger partial charge < -0.3 is 9.42 Å². The standard InChI is InChI=1S/C22H30N4O2/c1-16-6-3-8-18(12-16)21-23-20(28-24-21)15-25-10-5-9-19(14-25)22(27)26-11-4-7-17(2)13-26/h3,6,8,12,17,19H,4-5,7,9-11,13-15H2,1-2H3. The third kappa shape index (κ3) is 4.43. The van der Waals surface area contributed by atoms with E-state index in [-0.39, 0.29) is 5.92 Å². The van der Waals surface area contributed by atoms with E-state index in [1.807, 2.05) is 12.1 Å². The van der Waals surface area contributed by atoms with E-state index in [9.17, 15) is 4.79 Å². The molecule has 2 saturated heterocycles. The molecule has 2 aliphatic heterocycles. The second-order valence-corrected chi connectivity index (χ2v) is 8.49. The van der Waals surface area contributed by atoms with Crippen LogP contribution in [0.4, 0.5) is 0 Å². The zero-order valence-corrected chi connectivity index (χ0v) is 16.9. The number of rotatable bonds is 4. The summed E-state index contributed by atoms with van der Waals surface area (Å²) in [6, 6.07) is 8.11. The highest BCUT2D eigenvalue weighted by atomic mass is 16.5. The van der Waals surface area contributed by atoms with E-state index < -0.39 is 0 Å². The first kappa shape index (κ1) is 19.1. The number of likely N-dealkylation sites (tertiary alicyclic amines) is 2. The van der Waals surface area contributed by atoms with Crippen molar-refractivity contribution in [3.8, 4) is 11.4 Å². The molecule has 0 bridgehead atoms. The van der Waals surface area contributed by atoms with Crippen LogP contribution in [-0.4, -0.2) is 52.0 Å². The Kier molecular flexibility index (Phi) is 5.76. The number of nitrogens with zero attached hydrogens (tertiary/aromatic N) is 4. The molecule has 1 aromatic carbocycles. The van der Waals surface area contributed by atoms with Crippen LogP contribution >= 0.6 is 0 Å². The molecule has 2 fully saturated rings. The lowest BCUT2D eigenvalue weighted by Crippen LogP contribution is -2.47. The maximum Gasteiger partial charge on any atom is 0.241 e. The van der Waals surface area contributed by atoms with Gasteiger partial charge in [-0.1, -0.05) is 35.8 Å². The van der Waals surface area contributed by atoms with Crippen LogP contribution in [0.2, 0.25) is 0 Å². The molecule has 2 atom stereocenters. The van der Waals surface area contributed by atoms with Gasteiger partial charge in [0.05, 0.1) is 12.5 Å². The van der Waals surface area contributed by atoms with Crippen LogP contribution < -0.4 is 0 Å². The zero-order chi connectivity index (χ0) is 19.5. The molecule has 6 nitrogen and oxygen atoms in total. The number of piperidine rings is 2. The quantitative estimate of drug-likeness (QED) is 0.810. The van der Waals surface area contributed by atoms with Gasteiger partial charge in [-0.3, -0.25) is 9.69 Å². The average molecular weight is 383 g/mol. The number of carbonyl (C=O) groups excluding carboxylic acids is 1. The molecular formula is C22H30N4O2. The molecule has 2 unspecified atom stereocenters. The molecular weight excluding hydrogens is 352 g/mol. The molecule has 3 heterocycles. The molecule has 6 heteroatoms. The van der Waals surface area contributed by atoms with Crippen LogP contribution in [0.5, 0.6) is 0 Å². The normalized spacial score (nSPS) is 23.7.